The van der Waals surface area contributed by atoms with E-state index in [1.54, 1.807) is 42.5 Å². The van der Waals surface area contributed by atoms with Gasteiger partial charge < -0.3 is 10.1 Å². The SMILES string of the molecule is Cc1ccc2c(c1)N(S(=O)(=O)c1ccccc1)C[C@H](C(=O)N[C@H](C)c1ccc3c(c1)CCC3)O2. The maximum absolute atomic E-state index is 13.5. The number of sulfonamides is 1. The molecule has 0 saturated heterocycles. The molecule has 0 radical (unpaired) electrons. The van der Waals surface area contributed by atoms with Gasteiger partial charge >= 0.3 is 0 Å². The van der Waals surface area contributed by atoms with Gasteiger partial charge in [-0.1, -0.05) is 42.5 Å². The van der Waals surface area contributed by atoms with Crippen molar-refractivity contribution in [3.8, 4) is 5.75 Å². The summed E-state index contributed by atoms with van der Waals surface area (Å²) >= 11 is 0. The van der Waals surface area contributed by atoms with Crippen molar-refractivity contribution in [3.63, 3.8) is 0 Å². The molecular weight excluding hydrogens is 448 g/mol. The summed E-state index contributed by atoms with van der Waals surface area (Å²) in [4.78, 5) is 13.4. The van der Waals surface area contributed by atoms with Gasteiger partial charge in [-0.15, -0.1) is 0 Å². The number of aryl methyl sites for hydroxylation is 3. The zero-order chi connectivity index (χ0) is 23.9. The lowest BCUT2D eigenvalue weighted by atomic mass is 10.0. The second-order valence-electron chi connectivity index (χ2n) is 9.04. The number of nitrogens with zero attached hydrogens (tertiary/aromatic N) is 1. The summed E-state index contributed by atoms with van der Waals surface area (Å²) in [6, 6.07) is 19.8. The van der Waals surface area contributed by atoms with E-state index in [1.807, 2.05) is 19.9 Å². The predicted octanol–water partition coefficient (Wildman–Crippen LogP) is 4.32. The minimum Gasteiger partial charge on any atom is -0.476 e. The molecule has 1 heterocycles. The van der Waals surface area contributed by atoms with E-state index in [2.05, 4.69) is 23.5 Å². The Morgan fingerprint density at radius 1 is 1.03 bits per heavy atom. The van der Waals surface area contributed by atoms with Gasteiger partial charge in [-0.3, -0.25) is 9.10 Å². The van der Waals surface area contributed by atoms with Crippen LogP contribution < -0.4 is 14.4 Å². The Morgan fingerprint density at radius 3 is 2.59 bits per heavy atom. The highest BCUT2D eigenvalue weighted by molar-refractivity contribution is 7.92. The summed E-state index contributed by atoms with van der Waals surface area (Å²) in [6.45, 7) is 3.73. The Labute approximate surface area is 200 Å². The van der Waals surface area contributed by atoms with Gasteiger partial charge in [0.2, 0.25) is 0 Å². The topological polar surface area (TPSA) is 75.7 Å². The molecule has 34 heavy (non-hydrogen) atoms. The first kappa shape index (κ1) is 22.5. The van der Waals surface area contributed by atoms with Crippen molar-refractivity contribution in [1.82, 2.24) is 5.32 Å². The summed E-state index contributed by atoms with van der Waals surface area (Å²) in [5, 5.41) is 3.03. The summed E-state index contributed by atoms with van der Waals surface area (Å²) in [5.41, 5.74) is 5.11. The lowest BCUT2D eigenvalue weighted by Gasteiger charge is -2.35. The second-order valence-corrected chi connectivity index (χ2v) is 10.9. The number of carbonyl (C=O) groups is 1. The van der Waals surface area contributed by atoms with E-state index < -0.39 is 16.1 Å². The van der Waals surface area contributed by atoms with Gasteiger partial charge in [0.1, 0.15) is 5.75 Å². The minimum absolute atomic E-state index is 0.101. The zero-order valence-electron chi connectivity index (χ0n) is 19.3. The molecule has 5 rings (SSSR count). The molecule has 3 aromatic rings. The highest BCUT2D eigenvalue weighted by Gasteiger charge is 2.38. The molecule has 0 saturated carbocycles. The minimum atomic E-state index is -3.87. The van der Waals surface area contributed by atoms with Crippen LogP contribution in [0.3, 0.4) is 0 Å². The third-order valence-corrected chi connectivity index (χ3v) is 8.38. The van der Waals surface area contributed by atoms with E-state index in [9.17, 15) is 13.2 Å². The van der Waals surface area contributed by atoms with Gasteiger partial charge in [0, 0.05) is 0 Å². The van der Waals surface area contributed by atoms with Crippen LogP contribution in [0.2, 0.25) is 0 Å². The molecule has 0 bridgehead atoms. The fourth-order valence-corrected chi connectivity index (χ4v) is 6.18. The molecule has 1 amide bonds. The molecule has 3 aromatic carbocycles. The molecule has 7 heteroatoms. The first-order valence-corrected chi connectivity index (χ1v) is 13.0. The lowest BCUT2D eigenvalue weighted by Crippen LogP contribution is -2.51. The summed E-state index contributed by atoms with van der Waals surface area (Å²) in [6.07, 6.45) is 2.38. The monoisotopic (exact) mass is 476 g/mol. The lowest BCUT2D eigenvalue weighted by molar-refractivity contribution is -0.128. The Hall–Kier alpha value is -3.32. The van der Waals surface area contributed by atoms with Crippen molar-refractivity contribution in [1.29, 1.82) is 0 Å². The second kappa shape index (κ2) is 8.80. The van der Waals surface area contributed by atoms with E-state index in [-0.39, 0.29) is 23.4 Å². The van der Waals surface area contributed by atoms with Crippen LogP contribution in [0.15, 0.2) is 71.6 Å². The van der Waals surface area contributed by atoms with E-state index in [1.165, 1.54) is 21.9 Å². The number of amides is 1. The number of rotatable bonds is 5. The largest absolute Gasteiger partial charge is 0.476 e. The Kier molecular flexibility index (Phi) is 5.81. The quantitative estimate of drug-likeness (QED) is 0.595. The van der Waals surface area contributed by atoms with Crippen LogP contribution in [0.4, 0.5) is 5.69 Å². The highest BCUT2D eigenvalue weighted by Crippen LogP contribution is 2.38. The third-order valence-electron chi connectivity index (χ3n) is 6.59. The molecule has 6 nitrogen and oxygen atoms in total. The average molecular weight is 477 g/mol. The van der Waals surface area contributed by atoms with Gasteiger partial charge in [-0.05, 0) is 79.6 Å². The van der Waals surface area contributed by atoms with E-state index in [0.29, 0.717) is 11.4 Å². The molecule has 1 aliphatic heterocycles. The molecule has 0 aromatic heterocycles. The number of nitrogens with one attached hydrogen (secondary N) is 1. The van der Waals surface area contributed by atoms with Crippen LogP contribution in [0.25, 0.3) is 0 Å². The van der Waals surface area contributed by atoms with Crippen molar-refractivity contribution in [3.05, 3.63) is 89.0 Å². The maximum Gasteiger partial charge on any atom is 0.264 e. The van der Waals surface area contributed by atoms with Gasteiger partial charge in [0.05, 0.1) is 23.2 Å². The standard InChI is InChI=1S/C27H28N2O4S/c1-18-11-14-25-24(15-18)29(34(31,32)23-9-4-3-5-10-23)17-26(33-25)27(30)28-19(2)21-13-12-20-7-6-8-22(20)16-21/h3-5,9-16,19,26H,6-8,17H2,1-2H3,(H,28,30)/t19-,26-/m1/s1. The summed E-state index contributed by atoms with van der Waals surface area (Å²) in [7, 11) is -3.87. The van der Waals surface area contributed by atoms with Gasteiger partial charge in [0.25, 0.3) is 15.9 Å². The van der Waals surface area contributed by atoms with Crippen molar-refractivity contribution in [2.75, 3.05) is 10.8 Å². The van der Waals surface area contributed by atoms with Gasteiger partial charge in [-0.25, -0.2) is 8.42 Å². The Morgan fingerprint density at radius 2 is 1.79 bits per heavy atom. The molecule has 2 atom stereocenters. The molecule has 1 N–H and O–H groups in total. The normalized spacial score (nSPS) is 17.9. The number of ether oxygens (including phenoxy) is 1. The highest BCUT2D eigenvalue weighted by atomic mass is 32.2. The van der Waals surface area contributed by atoms with Crippen LogP contribution in [-0.2, 0) is 27.7 Å². The van der Waals surface area contributed by atoms with E-state index >= 15 is 0 Å². The average Bonchev–Trinajstić information content (AvgIpc) is 3.31. The maximum atomic E-state index is 13.5. The number of carbonyl (C=O) groups excluding carboxylic acids is 1. The van der Waals surface area contributed by atoms with E-state index in [0.717, 1.165) is 24.0 Å². The predicted molar refractivity (Wildman–Crippen MR) is 132 cm³/mol. The van der Waals surface area contributed by atoms with Crippen LogP contribution in [0.5, 0.6) is 5.75 Å². The number of fused-ring (bicyclic) bond motifs is 2. The number of anilines is 1. The van der Waals surface area contributed by atoms with E-state index in [4.69, 9.17) is 4.74 Å². The first-order chi connectivity index (χ1) is 16.3. The Balaban J connectivity index is 1.41. The van der Waals surface area contributed by atoms with Crippen molar-refractivity contribution in [2.24, 2.45) is 0 Å². The Bertz CT molecular complexity index is 1340. The third kappa shape index (κ3) is 4.16. The molecule has 0 fully saturated rings. The van der Waals surface area contributed by atoms with Crippen molar-refractivity contribution >= 4 is 21.6 Å². The zero-order valence-corrected chi connectivity index (χ0v) is 20.1. The molecule has 0 unspecified atom stereocenters. The van der Waals surface area contributed by atoms with Crippen LogP contribution in [0.1, 0.15) is 41.6 Å². The molecule has 176 valence electrons. The van der Waals surface area contributed by atoms with Crippen LogP contribution in [-0.4, -0.2) is 27.0 Å². The van der Waals surface area contributed by atoms with Gasteiger partial charge in [-0.2, -0.15) is 0 Å². The number of hydrogen-bond donors (Lipinski definition) is 1. The molecule has 2 aliphatic rings. The molecular formula is C27H28N2O4S. The van der Waals surface area contributed by atoms with Crippen molar-refractivity contribution < 1.29 is 17.9 Å². The van der Waals surface area contributed by atoms with Crippen LogP contribution >= 0.6 is 0 Å². The molecule has 0 spiro atoms. The number of benzene rings is 3. The van der Waals surface area contributed by atoms with Crippen molar-refractivity contribution in [2.45, 2.75) is 50.2 Å². The number of hydrogen-bond acceptors (Lipinski definition) is 4. The van der Waals surface area contributed by atoms with Gasteiger partial charge in [0.15, 0.2) is 6.10 Å². The fourth-order valence-electron chi connectivity index (χ4n) is 4.70. The summed E-state index contributed by atoms with van der Waals surface area (Å²) in [5.74, 6) is 0.0363. The molecule has 1 aliphatic carbocycles. The van der Waals surface area contributed by atoms with Crippen LogP contribution in [0, 0.1) is 6.92 Å². The summed E-state index contributed by atoms with van der Waals surface area (Å²) < 4.78 is 34.3. The first-order valence-electron chi connectivity index (χ1n) is 11.6. The smallest absolute Gasteiger partial charge is 0.264 e. The fraction of sp³-hybridized carbons (Fsp3) is 0.296.